The molecule has 4 aromatic carbocycles. The van der Waals surface area contributed by atoms with Crippen LogP contribution in [0.4, 0.5) is 8.78 Å². The lowest BCUT2D eigenvalue weighted by molar-refractivity contribution is 0.477. The summed E-state index contributed by atoms with van der Waals surface area (Å²) in [6.45, 7) is 0. The highest BCUT2D eigenvalue weighted by atomic mass is 35.5. The molecule has 0 aliphatic heterocycles. The van der Waals surface area contributed by atoms with E-state index in [1.54, 1.807) is 36.4 Å². The number of hydrogen-bond acceptors (Lipinski definition) is 2. The Morgan fingerprint density at radius 1 is 0.593 bits per heavy atom. The topological polar surface area (TPSA) is 40.5 Å². The smallest absolute Gasteiger partial charge is 0.149 e. The van der Waals surface area contributed by atoms with Crippen molar-refractivity contribution in [1.82, 2.24) is 0 Å². The molecule has 5 heteroatoms. The van der Waals surface area contributed by atoms with Gasteiger partial charge in [-0.05, 0) is 36.4 Å². The molecule has 0 saturated heterocycles. The molecule has 0 aliphatic carbocycles. The standard InChI is InChI=1S/C22H13ClF2O2/c23-18-6-3-5-13(20(18)25)15-9-11-16-17(22(15)27)10-8-14(21(16)26)12-4-1-2-7-19(12)24/h1-11,26-27H. The minimum absolute atomic E-state index is 0.0512. The molecule has 0 aliphatic rings. The lowest BCUT2D eigenvalue weighted by Crippen LogP contribution is -1.89. The zero-order valence-corrected chi connectivity index (χ0v) is 14.6. The molecule has 0 bridgehead atoms. The second-order valence-electron chi connectivity index (χ2n) is 6.10. The fraction of sp³-hybridized carbons (Fsp3) is 0. The van der Waals surface area contributed by atoms with Gasteiger partial charge >= 0.3 is 0 Å². The summed E-state index contributed by atoms with van der Waals surface area (Å²) in [7, 11) is 0. The molecule has 4 aromatic rings. The Bertz CT molecular complexity index is 1190. The summed E-state index contributed by atoms with van der Waals surface area (Å²) in [6, 6.07) is 16.8. The largest absolute Gasteiger partial charge is 0.507 e. The first-order valence-electron chi connectivity index (χ1n) is 8.16. The van der Waals surface area contributed by atoms with Crippen molar-refractivity contribution >= 4 is 22.4 Å². The number of hydrogen-bond donors (Lipinski definition) is 2. The van der Waals surface area contributed by atoms with Gasteiger partial charge in [-0.25, -0.2) is 8.78 Å². The predicted octanol–water partition coefficient (Wildman–Crippen LogP) is 6.52. The van der Waals surface area contributed by atoms with Gasteiger partial charge in [-0.1, -0.05) is 41.9 Å². The molecule has 2 nitrogen and oxygen atoms in total. The second-order valence-corrected chi connectivity index (χ2v) is 6.51. The van der Waals surface area contributed by atoms with Crippen molar-refractivity contribution < 1.29 is 19.0 Å². The predicted molar refractivity (Wildman–Crippen MR) is 103 cm³/mol. The third-order valence-electron chi connectivity index (χ3n) is 4.55. The minimum atomic E-state index is -0.638. The highest BCUT2D eigenvalue weighted by Crippen LogP contribution is 2.44. The Balaban J connectivity index is 1.95. The van der Waals surface area contributed by atoms with E-state index in [9.17, 15) is 19.0 Å². The highest BCUT2D eigenvalue weighted by Gasteiger charge is 2.18. The van der Waals surface area contributed by atoms with Crippen LogP contribution in [0.2, 0.25) is 5.02 Å². The highest BCUT2D eigenvalue weighted by molar-refractivity contribution is 6.31. The Labute approximate surface area is 158 Å². The van der Waals surface area contributed by atoms with E-state index in [2.05, 4.69) is 0 Å². The van der Waals surface area contributed by atoms with Gasteiger partial charge in [0.25, 0.3) is 0 Å². The van der Waals surface area contributed by atoms with Gasteiger partial charge in [0, 0.05) is 33.0 Å². The third kappa shape index (κ3) is 2.78. The molecule has 2 N–H and O–H groups in total. The van der Waals surface area contributed by atoms with Crippen LogP contribution >= 0.6 is 11.6 Å². The molecule has 0 heterocycles. The van der Waals surface area contributed by atoms with E-state index in [0.29, 0.717) is 16.3 Å². The molecule has 0 atom stereocenters. The van der Waals surface area contributed by atoms with Gasteiger partial charge < -0.3 is 10.2 Å². The first-order valence-corrected chi connectivity index (χ1v) is 8.53. The second kappa shape index (κ2) is 6.56. The van der Waals surface area contributed by atoms with Gasteiger partial charge in [0.2, 0.25) is 0 Å². The molecule has 27 heavy (non-hydrogen) atoms. The lowest BCUT2D eigenvalue weighted by atomic mass is 9.95. The van der Waals surface area contributed by atoms with E-state index in [0.717, 1.165) is 0 Å². The van der Waals surface area contributed by atoms with E-state index in [-0.39, 0.29) is 33.2 Å². The lowest BCUT2D eigenvalue weighted by Gasteiger charge is -2.13. The summed E-state index contributed by atoms with van der Waals surface area (Å²) in [6.07, 6.45) is 0. The molecule has 0 fully saturated rings. The molecule has 0 saturated carbocycles. The van der Waals surface area contributed by atoms with Crippen molar-refractivity contribution in [3.63, 3.8) is 0 Å². The Morgan fingerprint density at radius 3 is 1.78 bits per heavy atom. The monoisotopic (exact) mass is 382 g/mol. The maximum Gasteiger partial charge on any atom is 0.149 e. The van der Waals surface area contributed by atoms with Crippen molar-refractivity contribution in [2.24, 2.45) is 0 Å². The summed E-state index contributed by atoms with van der Waals surface area (Å²) in [4.78, 5) is 0. The van der Waals surface area contributed by atoms with Crippen LogP contribution in [0.1, 0.15) is 0 Å². The van der Waals surface area contributed by atoms with Crippen LogP contribution in [-0.4, -0.2) is 10.2 Å². The molecule has 0 aromatic heterocycles. The van der Waals surface area contributed by atoms with Crippen molar-refractivity contribution in [2.45, 2.75) is 0 Å². The minimum Gasteiger partial charge on any atom is -0.507 e. The van der Waals surface area contributed by atoms with Crippen molar-refractivity contribution in [2.75, 3.05) is 0 Å². The van der Waals surface area contributed by atoms with Crippen LogP contribution in [0.3, 0.4) is 0 Å². The summed E-state index contributed by atoms with van der Waals surface area (Å²) in [5.74, 6) is -1.45. The van der Waals surface area contributed by atoms with Crippen LogP contribution in [0, 0.1) is 11.6 Å². The zero-order valence-electron chi connectivity index (χ0n) is 13.9. The molecule has 134 valence electrons. The maximum atomic E-state index is 14.3. The first kappa shape index (κ1) is 17.3. The SMILES string of the molecule is Oc1c(-c2ccccc2F)ccc2c(O)c(-c3cccc(Cl)c3F)ccc12. The van der Waals surface area contributed by atoms with Crippen LogP contribution in [0.25, 0.3) is 33.0 Å². The fourth-order valence-corrected chi connectivity index (χ4v) is 3.37. The molecular weight excluding hydrogens is 370 g/mol. The van der Waals surface area contributed by atoms with Crippen molar-refractivity contribution in [3.05, 3.63) is 83.4 Å². The van der Waals surface area contributed by atoms with Crippen molar-refractivity contribution in [3.8, 4) is 33.8 Å². The number of fused-ring (bicyclic) bond motifs is 1. The van der Waals surface area contributed by atoms with Crippen molar-refractivity contribution in [1.29, 1.82) is 0 Å². The van der Waals surface area contributed by atoms with Gasteiger partial charge in [-0.2, -0.15) is 0 Å². The number of rotatable bonds is 2. The van der Waals surface area contributed by atoms with E-state index in [1.165, 1.54) is 30.3 Å². The summed E-state index contributed by atoms with van der Waals surface area (Å²) in [5.41, 5.74) is 0.961. The average Bonchev–Trinajstić information content (AvgIpc) is 2.66. The van der Waals surface area contributed by atoms with Gasteiger partial charge in [0.1, 0.15) is 23.1 Å². The molecule has 0 radical (unpaired) electrons. The summed E-state index contributed by atoms with van der Waals surface area (Å²) >= 11 is 5.83. The summed E-state index contributed by atoms with van der Waals surface area (Å²) in [5, 5.41) is 21.9. The van der Waals surface area contributed by atoms with E-state index >= 15 is 0 Å². The molecule has 4 rings (SSSR count). The molecular formula is C22H13ClF2O2. The van der Waals surface area contributed by atoms with E-state index in [4.69, 9.17) is 11.6 Å². The molecule has 0 unspecified atom stereocenters. The normalized spacial score (nSPS) is 11.1. The van der Waals surface area contributed by atoms with Gasteiger partial charge in [0.05, 0.1) is 5.02 Å². The number of halogens is 3. The first-order chi connectivity index (χ1) is 13.0. The third-order valence-corrected chi connectivity index (χ3v) is 4.84. The number of phenolic OH excluding ortho intramolecular Hbond substituents is 2. The summed E-state index contributed by atoms with van der Waals surface area (Å²) < 4.78 is 28.4. The van der Waals surface area contributed by atoms with Crippen LogP contribution in [0.15, 0.2) is 66.7 Å². The van der Waals surface area contributed by atoms with Crippen LogP contribution in [0.5, 0.6) is 11.5 Å². The molecule has 0 amide bonds. The fourth-order valence-electron chi connectivity index (χ4n) is 3.20. The quantitative estimate of drug-likeness (QED) is 0.414. The van der Waals surface area contributed by atoms with Gasteiger partial charge in [0.15, 0.2) is 0 Å². The zero-order chi connectivity index (χ0) is 19.1. The number of phenols is 2. The van der Waals surface area contributed by atoms with Gasteiger partial charge in [-0.15, -0.1) is 0 Å². The van der Waals surface area contributed by atoms with E-state index in [1.807, 2.05) is 0 Å². The van der Waals surface area contributed by atoms with E-state index < -0.39 is 11.6 Å². The Kier molecular flexibility index (Phi) is 4.21. The molecule has 0 spiro atoms. The van der Waals surface area contributed by atoms with Crippen LogP contribution < -0.4 is 0 Å². The van der Waals surface area contributed by atoms with Crippen LogP contribution in [-0.2, 0) is 0 Å². The Morgan fingerprint density at radius 2 is 1.15 bits per heavy atom. The maximum absolute atomic E-state index is 14.3. The Hall–Kier alpha value is -3.11. The number of benzene rings is 4. The van der Waals surface area contributed by atoms with Gasteiger partial charge in [-0.3, -0.25) is 0 Å². The average molecular weight is 383 g/mol. The number of aromatic hydroxyl groups is 2.